The largest absolute Gasteiger partial charge is 0.351 e. The van der Waals surface area contributed by atoms with Crippen molar-refractivity contribution in [1.82, 2.24) is 30.6 Å². The maximum Gasteiger partial charge on any atom is 0.276 e. The Kier molecular flexibility index (Phi) is 4.97. The highest BCUT2D eigenvalue weighted by Crippen LogP contribution is 2.52. The molecule has 0 aliphatic carbocycles. The standard InChI is InChI=1S/C23H24N6O2/c30-21(19-15-26-28-27-19)29-18-8-9-20(29)23(12-18,11-16-5-2-1-3-6-16)22(31)25-14-17-7-4-10-24-13-17/h1-7,10,13,15,18,20H,8-9,11-12,14H2,(H,25,31)(H,26,27,28)/t18-,20+,23+/m1/s1. The highest BCUT2D eigenvalue weighted by molar-refractivity contribution is 5.94. The van der Waals surface area contributed by atoms with Crippen LogP contribution in [0.3, 0.4) is 0 Å². The summed E-state index contributed by atoms with van der Waals surface area (Å²) >= 11 is 0. The fraction of sp³-hybridized carbons (Fsp3) is 0.348. The summed E-state index contributed by atoms with van der Waals surface area (Å²) in [5.41, 5.74) is 1.67. The molecule has 3 atom stereocenters. The van der Waals surface area contributed by atoms with Crippen LogP contribution in [0.5, 0.6) is 0 Å². The van der Waals surface area contributed by atoms with Crippen molar-refractivity contribution in [1.29, 1.82) is 0 Å². The smallest absolute Gasteiger partial charge is 0.276 e. The second-order valence-corrected chi connectivity index (χ2v) is 8.38. The first-order chi connectivity index (χ1) is 15.2. The van der Waals surface area contributed by atoms with E-state index in [4.69, 9.17) is 0 Å². The van der Waals surface area contributed by atoms with Gasteiger partial charge in [0.15, 0.2) is 5.69 Å². The van der Waals surface area contributed by atoms with E-state index in [-0.39, 0.29) is 23.9 Å². The minimum absolute atomic E-state index is 0.00893. The van der Waals surface area contributed by atoms with E-state index in [9.17, 15) is 9.59 Å². The number of benzene rings is 1. The molecule has 0 unspecified atom stereocenters. The molecule has 2 aliphatic heterocycles. The molecule has 2 saturated heterocycles. The Morgan fingerprint density at radius 1 is 1.10 bits per heavy atom. The van der Waals surface area contributed by atoms with E-state index < -0.39 is 5.41 Å². The third-order valence-corrected chi connectivity index (χ3v) is 6.60. The van der Waals surface area contributed by atoms with Gasteiger partial charge in [0.2, 0.25) is 5.91 Å². The molecule has 158 valence electrons. The fourth-order valence-electron chi connectivity index (χ4n) is 5.26. The molecular formula is C23H24N6O2. The molecule has 2 aliphatic rings. The summed E-state index contributed by atoms with van der Waals surface area (Å²) in [6.07, 6.45) is 7.87. The topological polar surface area (TPSA) is 104 Å². The van der Waals surface area contributed by atoms with Gasteiger partial charge in [-0.05, 0) is 42.9 Å². The molecule has 0 saturated carbocycles. The first-order valence-electron chi connectivity index (χ1n) is 10.6. The summed E-state index contributed by atoms with van der Waals surface area (Å²) in [5, 5.41) is 13.4. The van der Waals surface area contributed by atoms with Crippen molar-refractivity contribution in [2.45, 2.75) is 44.3 Å². The SMILES string of the molecule is O=C(c1cn[nH]n1)N1[C@@H]2CC[C@H]1[C@@](Cc1ccccc1)(C(=O)NCc1cccnc1)C2. The van der Waals surface area contributed by atoms with E-state index in [0.717, 1.165) is 24.0 Å². The summed E-state index contributed by atoms with van der Waals surface area (Å²) in [7, 11) is 0. The molecule has 5 rings (SSSR count). The van der Waals surface area contributed by atoms with Crippen molar-refractivity contribution in [2.24, 2.45) is 5.41 Å². The van der Waals surface area contributed by atoms with Gasteiger partial charge in [0.1, 0.15) is 0 Å². The zero-order valence-corrected chi connectivity index (χ0v) is 17.1. The number of H-pyrrole nitrogens is 1. The fourth-order valence-corrected chi connectivity index (χ4v) is 5.26. The van der Waals surface area contributed by atoms with Crippen molar-refractivity contribution in [3.05, 3.63) is 77.9 Å². The van der Waals surface area contributed by atoms with Crippen LogP contribution in [0.2, 0.25) is 0 Å². The molecule has 8 nitrogen and oxygen atoms in total. The van der Waals surface area contributed by atoms with Gasteiger partial charge in [0.05, 0.1) is 11.6 Å². The number of hydrogen-bond acceptors (Lipinski definition) is 5. The average Bonchev–Trinajstić information content (AvgIpc) is 3.54. The number of aromatic amines is 1. The third-order valence-electron chi connectivity index (χ3n) is 6.60. The highest BCUT2D eigenvalue weighted by Gasteiger charge is 2.61. The van der Waals surface area contributed by atoms with Crippen molar-refractivity contribution < 1.29 is 9.59 Å². The Morgan fingerprint density at radius 2 is 1.94 bits per heavy atom. The number of carbonyl (C=O) groups excluding carboxylic acids is 2. The maximum atomic E-state index is 13.7. The van der Waals surface area contributed by atoms with Gasteiger partial charge in [-0.15, -0.1) is 0 Å². The zero-order valence-electron chi connectivity index (χ0n) is 17.1. The van der Waals surface area contributed by atoms with Gasteiger partial charge < -0.3 is 10.2 Å². The molecule has 0 radical (unpaired) electrons. The minimum atomic E-state index is -0.675. The van der Waals surface area contributed by atoms with Gasteiger partial charge in [0.25, 0.3) is 5.91 Å². The van der Waals surface area contributed by atoms with E-state index in [1.54, 1.807) is 12.4 Å². The number of aromatic nitrogens is 4. The summed E-state index contributed by atoms with van der Waals surface area (Å²) < 4.78 is 0. The van der Waals surface area contributed by atoms with Gasteiger partial charge in [0, 0.05) is 31.0 Å². The van der Waals surface area contributed by atoms with Crippen LogP contribution in [0.1, 0.15) is 40.9 Å². The van der Waals surface area contributed by atoms with Crippen LogP contribution < -0.4 is 5.32 Å². The second kappa shape index (κ2) is 7.94. The lowest BCUT2D eigenvalue weighted by Crippen LogP contribution is -2.51. The van der Waals surface area contributed by atoms with Gasteiger partial charge in [-0.2, -0.15) is 15.4 Å². The number of pyridine rings is 1. The quantitative estimate of drug-likeness (QED) is 0.641. The van der Waals surface area contributed by atoms with Crippen molar-refractivity contribution in [2.75, 3.05) is 0 Å². The van der Waals surface area contributed by atoms with Crippen molar-refractivity contribution in [3.8, 4) is 0 Å². The molecule has 3 aromatic rings. The van der Waals surface area contributed by atoms with Crippen LogP contribution in [-0.2, 0) is 17.8 Å². The van der Waals surface area contributed by atoms with Crippen LogP contribution in [0.15, 0.2) is 61.1 Å². The molecule has 2 N–H and O–H groups in total. The lowest BCUT2D eigenvalue weighted by Gasteiger charge is -2.36. The minimum Gasteiger partial charge on any atom is -0.351 e. The average molecular weight is 416 g/mol. The van der Waals surface area contributed by atoms with E-state index in [2.05, 4.69) is 25.7 Å². The monoisotopic (exact) mass is 416 g/mol. The number of nitrogens with zero attached hydrogens (tertiary/aromatic N) is 4. The number of rotatable bonds is 6. The van der Waals surface area contributed by atoms with Crippen LogP contribution in [-0.4, -0.2) is 49.2 Å². The first kappa shape index (κ1) is 19.4. The third kappa shape index (κ3) is 3.48. The Bertz CT molecular complexity index is 1060. The predicted octanol–water partition coefficient (Wildman–Crippen LogP) is 2.12. The van der Waals surface area contributed by atoms with E-state index in [0.29, 0.717) is 25.1 Å². The summed E-state index contributed by atoms with van der Waals surface area (Å²) in [4.78, 5) is 32.9. The Labute approximate surface area is 180 Å². The lowest BCUT2D eigenvalue weighted by molar-refractivity contribution is -0.132. The number of fused-ring (bicyclic) bond motifs is 2. The number of carbonyl (C=O) groups is 2. The maximum absolute atomic E-state index is 13.7. The first-order valence-corrected chi connectivity index (χ1v) is 10.6. The molecule has 2 fully saturated rings. The summed E-state index contributed by atoms with van der Waals surface area (Å²) in [6.45, 7) is 0.415. The molecule has 2 bridgehead atoms. The van der Waals surface area contributed by atoms with Gasteiger partial charge in [-0.1, -0.05) is 36.4 Å². The number of amides is 2. The highest BCUT2D eigenvalue weighted by atomic mass is 16.2. The van der Waals surface area contributed by atoms with Gasteiger partial charge in [-0.3, -0.25) is 14.6 Å². The molecule has 4 heterocycles. The van der Waals surface area contributed by atoms with Crippen LogP contribution in [0.25, 0.3) is 0 Å². The van der Waals surface area contributed by atoms with Crippen LogP contribution in [0.4, 0.5) is 0 Å². The van der Waals surface area contributed by atoms with Crippen LogP contribution in [0, 0.1) is 5.41 Å². The number of nitrogens with one attached hydrogen (secondary N) is 2. The van der Waals surface area contributed by atoms with E-state index >= 15 is 0 Å². The molecule has 0 spiro atoms. The normalized spacial score (nSPS) is 24.3. The molecule has 2 aromatic heterocycles. The molecule has 8 heteroatoms. The van der Waals surface area contributed by atoms with Crippen LogP contribution >= 0.6 is 0 Å². The second-order valence-electron chi connectivity index (χ2n) is 8.38. The molecule has 31 heavy (non-hydrogen) atoms. The Morgan fingerprint density at radius 3 is 2.68 bits per heavy atom. The van der Waals surface area contributed by atoms with E-state index in [1.807, 2.05) is 47.4 Å². The number of hydrogen-bond donors (Lipinski definition) is 2. The van der Waals surface area contributed by atoms with Gasteiger partial charge in [-0.25, -0.2) is 0 Å². The Hall–Kier alpha value is -3.55. The zero-order chi connectivity index (χ0) is 21.3. The predicted molar refractivity (Wildman–Crippen MR) is 113 cm³/mol. The summed E-state index contributed by atoms with van der Waals surface area (Å²) in [5.74, 6) is -0.165. The summed E-state index contributed by atoms with van der Waals surface area (Å²) in [6, 6.07) is 13.7. The molecule has 1 aromatic carbocycles. The Balaban J connectivity index is 1.45. The van der Waals surface area contributed by atoms with Crippen molar-refractivity contribution in [3.63, 3.8) is 0 Å². The van der Waals surface area contributed by atoms with Crippen molar-refractivity contribution >= 4 is 11.8 Å². The van der Waals surface area contributed by atoms with Gasteiger partial charge >= 0.3 is 0 Å². The molecule has 2 amide bonds. The molecular weight excluding hydrogens is 392 g/mol. The van der Waals surface area contributed by atoms with E-state index in [1.165, 1.54) is 6.20 Å². The lowest BCUT2D eigenvalue weighted by atomic mass is 9.69.